The number of hydrogen-bond acceptors (Lipinski definition) is 19. The van der Waals surface area contributed by atoms with E-state index in [-0.39, 0.29) is 0 Å². The first-order valence-electron chi connectivity index (χ1n) is 28.3. The van der Waals surface area contributed by atoms with Crippen LogP contribution in [0.2, 0.25) is 0 Å². The van der Waals surface area contributed by atoms with E-state index in [2.05, 4.69) is 4.98 Å². The molecule has 1 N–H and O–H groups in total. The summed E-state index contributed by atoms with van der Waals surface area (Å²) in [4.78, 5) is 104. The lowest BCUT2D eigenvalue weighted by Gasteiger charge is -2.11. The molecular formula is C68H30N20. The molecule has 17 heterocycles. The number of fused-ring (bicyclic) bond motifs is 41. The van der Waals surface area contributed by atoms with Crippen LogP contribution in [0.1, 0.15) is 40.2 Å². The topological polar surface area (TPSA) is 259 Å². The number of pyridine rings is 8. The van der Waals surface area contributed by atoms with Gasteiger partial charge in [-0.05, 0) is 121 Å². The molecule has 20 heteroatoms. The van der Waals surface area contributed by atoms with Crippen molar-refractivity contribution in [3.8, 4) is 0 Å². The second-order valence-electron chi connectivity index (χ2n) is 22.0. The van der Waals surface area contributed by atoms with Crippen LogP contribution < -0.4 is 10.7 Å². The van der Waals surface area contributed by atoms with Crippen LogP contribution in [-0.4, -0.2) is 102 Å². The highest BCUT2D eigenvalue weighted by molar-refractivity contribution is 6.32. The van der Waals surface area contributed by atoms with E-state index in [1.54, 1.807) is 49.6 Å². The highest BCUT2D eigenvalue weighted by atomic mass is 15.0. The molecule has 1 unspecified atom stereocenters. The number of nitrogens with one attached hydrogen (secondary N) is 1. The summed E-state index contributed by atoms with van der Waals surface area (Å²) in [7, 11) is 0. The number of aromatic amines is 1. The highest BCUT2D eigenvalue weighted by Crippen LogP contribution is 2.43. The number of benzene rings is 4. The number of hydrogen-bond donors (Lipinski definition) is 1. The Morgan fingerprint density at radius 3 is 0.943 bits per heavy atom. The Morgan fingerprint density at radius 1 is 0.261 bits per heavy atom. The van der Waals surface area contributed by atoms with E-state index in [1.807, 2.05) is 121 Å². The SMILES string of the molecule is C1=C2N=C(/C=c3\[nH]/c(c4nc5c6cccnc6c6ncccc6c5nc34)=C\C3=NC(=C/C4N=C/1c1nc5c6cccnc6c6ncccc6c5nc14)/c1nc4c5cccnc5c5ncccc5c4nc13)c1nc3c4cccnc4c4ncccc4c3nc1\2. The summed E-state index contributed by atoms with van der Waals surface area (Å²) >= 11 is 0. The van der Waals surface area contributed by atoms with Crippen LogP contribution in [0.4, 0.5) is 0 Å². The van der Waals surface area contributed by atoms with Crippen LogP contribution in [0.3, 0.4) is 0 Å². The van der Waals surface area contributed by atoms with Crippen molar-refractivity contribution in [1.82, 2.24) is 84.7 Å². The van der Waals surface area contributed by atoms with Crippen molar-refractivity contribution in [2.45, 2.75) is 6.04 Å². The zero-order valence-electron chi connectivity index (χ0n) is 45.2. The number of rotatable bonds is 0. The molecule has 0 aliphatic carbocycles. The first-order chi connectivity index (χ1) is 43.6. The van der Waals surface area contributed by atoms with Gasteiger partial charge >= 0.3 is 0 Å². The number of aromatic nitrogens is 17. The summed E-state index contributed by atoms with van der Waals surface area (Å²) in [5.74, 6) is 0. The molecule has 88 heavy (non-hydrogen) atoms. The Kier molecular flexibility index (Phi) is 8.61. The van der Waals surface area contributed by atoms with Gasteiger partial charge in [-0.15, -0.1) is 0 Å². The molecule has 8 bridgehead atoms. The van der Waals surface area contributed by atoms with Gasteiger partial charge in [0.25, 0.3) is 0 Å². The van der Waals surface area contributed by atoms with Crippen LogP contribution >= 0.6 is 0 Å². The van der Waals surface area contributed by atoms with Crippen LogP contribution in [0.5, 0.6) is 0 Å². The fourth-order valence-corrected chi connectivity index (χ4v) is 13.4. The maximum Gasteiger partial charge on any atom is 0.117 e. The molecule has 4 aliphatic rings. The molecule has 0 spiro atoms. The van der Waals surface area contributed by atoms with Crippen molar-refractivity contribution in [3.05, 3.63) is 204 Å². The van der Waals surface area contributed by atoms with E-state index in [4.69, 9.17) is 94.7 Å². The highest BCUT2D eigenvalue weighted by Gasteiger charge is 2.35. The first-order valence-corrected chi connectivity index (χ1v) is 28.3. The lowest BCUT2D eigenvalue weighted by atomic mass is 10.0. The maximum atomic E-state index is 5.58. The van der Waals surface area contributed by atoms with Crippen molar-refractivity contribution >= 4 is 183 Å². The molecule has 0 fully saturated rings. The van der Waals surface area contributed by atoms with Crippen molar-refractivity contribution in [1.29, 1.82) is 0 Å². The number of aliphatic imine (C=N–C) groups is 3. The van der Waals surface area contributed by atoms with Gasteiger partial charge < -0.3 is 4.98 Å². The average molecular weight is 1130 g/mol. The van der Waals surface area contributed by atoms with Gasteiger partial charge in [-0.25, -0.2) is 49.9 Å². The predicted octanol–water partition coefficient (Wildman–Crippen LogP) is 10.1. The molecule has 21 rings (SSSR count). The number of H-pyrrole nitrogens is 1. The van der Waals surface area contributed by atoms with Gasteiger partial charge in [0, 0.05) is 92.7 Å². The minimum atomic E-state index is -0.751. The summed E-state index contributed by atoms with van der Waals surface area (Å²) in [5, 5.41) is 7.63. The molecule has 4 aromatic carbocycles. The van der Waals surface area contributed by atoms with Gasteiger partial charge in [-0.1, -0.05) is 0 Å². The van der Waals surface area contributed by atoms with Gasteiger partial charge in [0.2, 0.25) is 0 Å². The van der Waals surface area contributed by atoms with E-state index in [0.717, 1.165) is 43.1 Å². The van der Waals surface area contributed by atoms with Crippen LogP contribution in [-0.2, 0) is 0 Å². The summed E-state index contributed by atoms with van der Waals surface area (Å²) in [5.41, 5.74) is 17.9. The van der Waals surface area contributed by atoms with Crippen molar-refractivity contribution in [2.24, 2.45) is 15.0 Å². The first kappa shape index (κ1) is 45.8. The summed E-state index contributed by atoms with van der Waals surface area (Å²) in [6.45, 7) is 0. The van der Waals surface area contributed by atoms with E-state index in [9.17, 15) is 0 Å². The summed E-state index contributed by atoms with van der Waals surface area (Å²) in [6.07, 6.45) is 22.1. The van der Waals surface area contributed by atoms with Gasteiger partial charge in [0.1, 0.15) is 45.5 Å². The minimum absolute atomic E-state index is 0.501. The average Bonchev–Trinajstić information content (AvgIpc) is 1.46. The zero-order chi connectivity index (χ0) is 57.0. The third-order valence-electron chi connectivity index (χ3n) is 17.2. The molecule has 13 aromatic heterocycles. The second kappa shape index (κ2) is 16.5. The van der Waals surface area contributed by atoms with Crippen molar-refractivity contribution in [2.75, 3.05) is 0 Å². The van der Waals surface area contributed by atoms with Crippen molar-refractivity contribution < 1.29 is 0 Å². The fourth-order valence-electron chi connectivity index (χ4n) is 13.4. The van der Waals surface area contributed by atoms with Gasteiger partial charge in [-0.2, -0.15) is 0 Å². The number of allylic oxidation sites excluding steroid dienone is 1. The largest absolute Gasteiger partial charge is 0.352 e. The maximum absolute atomic E-state index is 5.58. The Morgan fingerprint density at radius 2 is 0.568 bits per heavy atom. The number of nitrogens with zero attached hydrogens (tertiary/aromatic N) is 19. The van der Waals surface area contributed by atoms with Crippen LogP contribution in [0, 0.1) is 0 Å². The minimum Gasteiger partial charge on any atom is -0.352 e. The molecule has 0 amide bonds. The van der Waals surface area contributed by atoms with E-state index < -0.39 is 6.04 Å². The third kappa shape index (κ3) is 6.07. The molecule has 17 aromatic rings. The van der Waals surface area contributed by atoms with Gasteiger partial charge in [0.15, 0.2) is 0 Å². The summed E-state index contributed by atoms with van der Waals surface area (Å²) in [6, 6.07) is 30.6. The molecule has 4 aliphatic heterocycles. The fraction of sp³-hybridized carbons (Fsp3) is 0.0147. The quantitative estimate of drug-likeness (QED) is 0.138. The molecule has 0 saturated carbocycles. The zero-order valence-corrected chi connectivity index (χ0v) is 45.2. The van der Waals surface area contributed by atoms with Crippen molar-refractivity contribution in [3.63, 3.8) is 0 Å². The Bertz CT molecular complexity index is 6590. The molecular weight excluding hydrogens is 1100 g/mol. The molecule has 402 valence electrons. The lowest BCUT2D eigenvalue weighted by molar-refractivity contribution is 0.892. The monoisotopic (exact) mass is 1130 g/mol. The normalized spacial score (nSPS) is 17.2. The van der Waals surface area contributed by atoms with Gasteiger partial charge in [0.05, 0.1) is 133 Å². The Labute approximate surface area is 490 Å². The van der Waals surface area contributed by atoms with Crippen LogP contribution in [0.15, 0.2) is 174 Å². The second-order valence-corrected chi connectivity index (χ2v) is 22.0. The third-order valence-corrected chi connectivity index (χ3v) is 17.2. The van der Waals surface area contributed by atoms with E-state index in [1.165, 1.54) is 0 Å². The van der Waals surface area contributed by atoms with E-state index in [0.29, 0.717) is 173 Å². The van der Waals surface area contributed by atoms with Crippen LogP contribution in [0.25, 0.3) is 166 Å². The molecule has 20 nitrogen and oxygen atoms in total. The lowest BCUT2D eigenvalue weighted by Crippen LogP contribution is -2.15. The predicted molar refractivity (Wildman–Crippen MR) is 339 cm³/mol. The Balaban J connectivity index is 0.921. The van der Waals surface area contributed by atoms with E-state index >= 15 is 0 Å². The Hall–Kier alpha value is -12.7. The molecule has 1 atom stereocenters. The smallest absolute Gasteiger partial charge is 0.117 e. The standard InChI is InChI=1S/C68H30N20/c1-9-29-45(69-17-1)46-30(10-2-18-70-46)54-53(29)81-61-37-25-39-63-65(85-56-32-12-4-20-72-48(32)47-31(55(56)83-63)11-3-19-71-47)41(78-39)27-43-67-68(88-60-36-16-8-24-76-52(36)51-35(59(60)87-67)15-7-23-75-51)44(80-43)28-42-66-64(40(79-42)26-38(77-37)62(61)82-54)84-57-33-13-5-21-73-49(33)50-34(58(57)86-66)14-6-22-74-50/h1-28,37,80H/b39-25+,40-26-,43-27-,44-28-. The molecule has 0 saturated heterocycles. The molecule has 0 radical (unpaired) electrons. The summed E-state index contributed by atoms with van der Waals surface area (Å²) < 4.78 is 0. The van der Waals surface area contributed by atoms with Gasteiger partial charge in [-0.3, -0.25) is 44.9 Å².